The molecule has 8 heteroatoms. The number of aromatic nitrogens is 4. The molecule has 0 aliphatic heterocycles. The van der Waals surface area contributed by atoms with Gasteiger partial charge in [0.15, 0.2) is 5.16 Å². The third-order valence-electron chi connectivity index (χ3n) is 5.21. The van der Waals surface area contributed by atoms with Crippen LogP contribution in [0.2, 0.25) is 0 Å². The molecule has 0 spiro atoms. The van der Waals surface area contributed by atoms with Crippen molar-refractivity contribution in [2.24, 2.45) is 0 Å². The molecule has 156 valence electrons. The highest BCUT2D eigenvalue weighted by Crippen LogP contribution is 2.27. The van der Waals surface area contributed by atoms with E-state index in [-0.39, 0.29) is 11.4 Å². The largest absolute Gasteiger partial charge is 0.273 e. The van der Waals surface area contributed by atoms with Crippen LogP contribution >= 0.6 is 23.1 Å². The van der Waals surface area contributed by atoms with Crippen LogP contribution in [-0.2, 0) is 18.7 Å². The third-order valence-corrected chi connectivity index (χ3v) is 7.10. The van der Waals surface area contributed by atoms with E-state index in [1.54, 1.807) is 10.6 Å². The van der Waals surface area contributed by atoms with E-state index in [1.165, 1.54) is 40.8 Å². The van der Waals surface area contributed by atoms with Gasteiger partial charge in [-0.05, 0) is 46.7 Å². The molecular weight excluding hydrogens is 431 g/mol. The predicted molar refractivity (Wildman–Crippen MR) is 124 cm³/mol. The van der Waals surface area contributed by atoms with Gasteiger partial charge >= 0.3 is 0 Å². The van der Waals surface area contributed by atoms with Gasteiger partial charge in [-0.15, -0.1) is 21.5 Å². The number of benzene rings is 2. The lowest BCUT2D eigenvalue weighted by Crippen LogP contribution is -2.23. The lowest BCUT2D eigenvalue weighted by atomic mass is 10.1. The first-order valence-electron chi connectivity index (χ1n) is 9.94. The van der Waals surface area contributed by atoms with Crippen molar-refractivity contribution in [3.63, 3.8) is 0 Å². The second-order valence-electron chi connectivity index (χ2n) is 7.23. The van der Waals surface area contributed by atoms with Crippen LogP contribution in [0.15, 0.2) is 69.9 Å². The van der Waals surface area contributed by atoms with Crippen LogP contribution in [-0.4, -0.2) is 19.2 Å². The van der Waals surface area contributed by atoms with Crippen molar-refractivity contribution in [2.45, 2.75) is 30.8 Å². The van der Waals surface area contributed by atoms with Gasteiger partial charge in [-0.2, -0.15) is 0 Å². The number of thiophene rings is 1. The molecule has 0 bridgehead atoms. The summed E-state index contributed by atoms with van der Waals surface area (Å²) < 4.78 is 17.8. The van der Waals surface area contributed by atoms with Crippen LogP contribution in [0.25, 0.3) is 16.0 Å². The number of hydrogen-bond donors (Lipinski definition) is 0. The molecule has 0 amide bonds. The normalized spacial score (nSPS) is 11.5. The average molecular weight is 451 g/mol. The minimum atomic E-state index is -0.257. The number of halogens is 1. The quantitative estimate of drug-likeness (QED) is 0.336. The van der Waals surface area contributed by atoms with E-state index >= 15 is 0 Å². The molecule has 3 heterocycles. The molecule has 0 N–H and O–H groups in total. The highest BCUT2D eigenvalue weighted by molar-refractivity contribution is 7.98. The Morgan fingerprint density at radius 3 is 2.61 bits per heavy atom. The molecule has 5 nitrogen and oxygen atoms in total. The number of nitrogens with zero attached hydrogens (tertiary/aromatic N) is 4. The molecule has 2 aromatic carbocycles. The molecule has 5 rings (SSSR count). The molecule has 0 unspecified atom stereocenters. The van der Waals surface area contributed by atoms with Gasteiger partial charge in [-0.25, -0.2) is 4.39 Å². The molecule has 31 heavy (non-hydrogen) atoms. The van der Waals surface area contributed by atoms with Gasteiger partial charge < -0.3 is 0 Å². The van der Waals surface area contributed by atoms with Gasteiger partial charge in [0.05, 0.1) is 12.1 Å². The first kappa shape index (κ1) is 20.0. The van der Waals surface area contributed by atoms with E-state index in [2.05, 4.69) is 41.4 Å². The maximum atomic E-state index is 13.5. The molecule has 5 aromatic rings. The highest BCUT2D eigenvalue weighted by Gasteiger charge is 2.18. The molecule has 0 radical (unpaired) electrons. The Morgan fingerprint density at radius 1 is 1.03 bits per heavy atom. The Kier molecular flexibility index (Phi) is 5.33. The van der Waals surface area contributed by atoms with E-state index in [1.807, 2.05) is 21.9 Å². The van der Waals surface area contributed by atoms with Crippen molar-refractivity contribution < 1.29 is 4.39 Å². The predicted octanol–water partition coefficient (Wildman–Crippen LogP) is 5.15. The highest BCUT2D eigenvalue weighted by atomic mass is 32.2. The zero-order valence-electron chi connectivity index (χ0n) is 16.8. The van der Waals surface area contributed by atoms with Crippen molar-refractivity contribution in [3.05, 3.63) is 92.8 Å². The summed E-state index contributed by atoms with van der Waals surface area (Å²) in [4.78, 5) is 13.2. The molecule has 0 saturated heterocycles. The maximum Gasteiger partial charge on any atom is 0.273 e. The fraction of sp³-hybridized carbons (Fsp3) is 0.174. The molecule has 3 aromatic heterocycles. The summed E-state index contributed by atoms with van der Waals surface area (Å²) in [7, 11) is 0. The van der Waals surface area contributed by atoms with Crippen LogP contribution in [0.1, 0.15) is 23.6 Å². The summed E-state index contributed by atoms with van der Waals surface area (Å²) in [5, 5.41) is 11.3. The fourth-order valence-electron chi connectivity index (χ4n) is 3.57. The lowest BCUT2D eigenvalue weighted by molar-refractivity contribution is 0.626. The van der Waals surface area contributed by atoms with E-state index < -0.39 is 0 Å². The van der Waals surface area contributed by atoms with Gasteiger partial charge in [-0.3, -0.25) is 13.8 Å². The second-order valence-corrected chi connectivity index (χ2v) is 9.09. The van der Waals surface area contributed by atoms with Gasteiger partial charge in [0.25, 0.3) is 5.56 Å². The fourth-order valence-corrected chi connectivity index (χ4v) is 5.28. The standard InChI is InChI=1S/C23H19FN4OS2/c1-2-15-6-8-16(9-7-15)13-27-21(29)20-19(10-11-30-20)28-22(27)25-26-23(28)31-14-17-4-3-5-18(24)12-17/h3-12H,2,13-14H2,1H3. The second kappa shape index (κ2) is 8.28. The Labute approximate surface area is 186 Å². The van der Waals surface area contributed by atoms with Crippen LogP contribution in [0, 0.1) is 5.82 Å². The summed E-state index contributed by atoms with van der Waals surface area (Å²) in [6.07, 6.45) is 0.974. The van der Waals surface area contributed by atoms with Crippen molar-refractivity contribution in [2.75, 3.05) is 0 Å². The van der Waals surface area contributed by atoms with E-state index in [0.717, 1.165) is 23.1 Å². The zero-order chi connectivity index (χ0) is 21.4. The Balaban J connectivity index is 1.57. The topological polar surface area (TPSA) is 52.2 Å². The first-order chi connectivity index (χ1) is 15.1. The van der Waals surface area contributed by atoms with E-state index in [9.17, 15) is 9.18 Å². The summed E-state index contributed by atoms with van der Waals surface area (Å²) >= 11 is 2.89. The molecule has 0 fully saturated rings. The average Bonchev–Trinajstić information content (AvgIpc) is 3.43. The number of fused-ring (bicyclic) bond motifs is 3. The number of hydrogen-bond acceptors (Lipinski definition) is 5. The van der Waals surface area contributed by atoms with Crippen LogP contribution < -0.4 is 5.56 Å². The van der Waals surface area contributed by atoms with Gasteiger partial charge in [-0.1, -0.05) is 55.1 Å². The van der Waals surface area contributed by atoms with E-state index in [4.69, 9.17) is 0 Å². The summed E-state index contributed by atoms with van der Waals surface area (Å²) in [6, 6.07) is 16.7. The number of aryl methyl sites for hydroxylation is 1. The SMILES string of the molecule is CCc1ccc(Cn2c(=O)c3sccc3n3c(SCc4cccc(F)c4)nnc23)cc1. The first-order valence-corrected chi connectivity index (χ1v) is 11.8. The summed E-state index contributed by atoms with van der Waals surface area (Å²) in [6.45, 7) is 2.54. The Morgan fingerprint density at radius 2 is 1.84 bits per heavy atom. The Bertz CT molecular complexity index is 1440. The molecule has 0 aliphatic carbocycles. The minimum Gasteiger partial charge on any atom is -0.271 e. The van der Waals surface area contributed by atoms with Crippen LogP contribution in [0.4, 0.5) is 4.39 Å². The van der Waals surface area contributed by atoms with E-state index in [0.29, 0.717) is 27.9 Å². The maximum absolute atomic E-state index is 13.5. The molecule has 0 saturated carbocycles. The van der Waals surface area contributed by atoms with Gasteiger partial charge in [0.1, 0.15) is 10.5 Å². The smallest absolute Gasteiger partial charge is 0.271 e. The number of thioether (sulfide) groups is 1. The van der Waals surface area contributed by atoms with Crippen molar-refractivity contribution in [1.82, 2.24) is 19.2 Å². The zero-order valence-corrected chi connectivity index (χ0v) is 18.4. The lowest BCUT2D eigenvalue weighted by Gasteiger charge is -2.10. The minimum absolute atomic E-state index is 0.0638. The van der Waals surface area contributed by atoms with Crippen molar-refractivity contribution in [1.29, 1.82) is 0 Å². The summed E-state index contributed by atoms with van der Waals surface area (Å²) in [5.74, 6) is 0.812. The van der Waals surface area contributed by atoms with Crippen LogP contribution in [0.3, 0.4) is 0 Å². The van der Waals surface area contributed by atoms with Gasteiger partial charge in [0.2, 0.25) is 5.78 Å². The molecule has 0 aliphatic rings. The van der Waals surface area contributed by atoms with Crippen molar-refractivity contribution >= 4 is 39.1 Å². The van der Waals surface area contributed by atoms with Crippen molar-refractivity contribution in [3.8, 4) is 0 Å². The monoisotopic (exact) mass is 450 g/mol. The molecule has 0 atom stereocenters. The van der Waals surface area contributed by atoms with Crippen LogP contribution in [0.5, 0.6) is 0 Å². The molecular formula is C23H19FN4OS2. The third kappa shape index (κ3) is 3.77. The Hall–Kier alpha value is -2.97. The number of rotatable bonds is 6. The van der Waals surface area contributed by atoms with Gasteiger partial charge in [0, 0.05) is 5.75 Å². The summed E-state index contributed by atoms with van der Waals surface area (Å²) in [5.41, 5.74) is 3.90.